The van der Waals surface area contributed by atoms with Crippen LogP contribution in [-0.4, -0.2) is 64.3 Å². The molecule has 1 aliphatic heterocycles. The monoisotopic (exact) mass is 363 g/mol. The van der Waals surface area contributed by atoms with Gasteiger partial charge in [0.1, 0.15) is 5.60 Å². The van der Waals surface area contributed by atoms with E-state index in [1.807, 2.05) is 27.7 Å². The van der Waals surface area contributed by atoms with Crippen molar-refractivity contribution in [1.82, 2.24) is 9.80 Å². The molecule has 0 bridgehead atoms. The third-order valence-electron chi connectivity index (χ3n) is 3.90. The van der Waals surface area contributed by atoms with E-state index in [-0.39, 0.29) is 23.7 Å². The van der Waals surface area contributed by atoms with Crippen LogP contribution in [0.4, 0.5) is 15.3 Å². The molecule has 142 valence electrons. The van der Waals surface area contributed by atoms with Gasteiger partial charge in [0.05, 0.1) is 5.56 Å². The molecule has 0 unspecified atom stereocenters. The molecule has 0 aromatic heterocycles. The van der Waals surface area contributed by atoms with Crippen LogP contribution in [0, 0.1) is 0 Å². The fourth-order valence-corrected chi connectivity index (χ4v) is 2.67. The fraction of sp³-hybridized carbons (Fsp3) is 0.500. The van der Waals surface area contributed by atoms with E-state index >= 15 is 0 Å². The number of carboxylic acid groups (broad SMARTS) is 1. The smallest absolute Gasteiger partial charge is 0.410 e. The number of nitrogens with one attached hydrogen (secondary N) is 1. The first kappa shape index (κ1) is 19.6. The largest absolute Gasteiger partial charge is 0.478 e. The molecule has 0 radical (unpaired) electrons. The van der Waals surface area contributed by atoms with Crippen molar-refractivity contribution >= 4 is 23.8 Å². The highest BCUT2D eigenvalue weighted by atomic mass is 16.6. The van der Waals surface area contributed by atoms with Crippen LogP contribution in [0.2, 0.25) is 0 Å². The van der Waals surface area contributed by atoms with E-state index in [0.717, 1.165) is 0 Å². The van der Waals surface area contributed by atoms with Gasteiger partial charge in [-0.1, -0.05) is 6.07 Å². The SMILES string of the molecule is C[C@H]1CN(C(=O)Nc2cccc(C(=O)O)c2)CCN1C(=O)OC(C)(C)C. The molecule has 3 amide bonds. The topological polar surface area (TPSA) is 99.2 Å². The number of benzene rings is 1. The van der Waals surface area contributed by atoms with E-state index in [1.165, 1.54) is 12.1 Å². The number of carbonyl (C=O) groups is 3. The Bertz CT molecular complexity index is 698. The lowest BCUT2D eigenvalue weighted by atomic mass is 10.2. The lowest BCUT2D eigenvalue weighted by Crippen LogP contribution is -2.57. The van der Waals surface area contributed by atoms with Gasteiger partial charge in [0, 0.05) is 31.4 Å². The van der Waals surface area contributed by atoms with Crippen molar-refractivity contribution in [2.75, 3.05) is 25.0 Å². The summed E-state index contributed by atoms with van der Waals surface area (Å²) in [6.07, 6.45) is -0.390. The predicted molar refractivity (Wildman–Crippen MR) is 96.4 cm³/mol. The van der Waals surface area contributed by atoms with Gasteiger partial charge in [-0.15, -0.1) is 0 Å². The Kier molecular flexibility index (Phi) is 5.74. The molecule has 2 N–H and O–H groups in total. The standard InChI is InChI=1S/C18H25N3O5/c1-12-11-20(8-9-21(12)17(25)26-18(2,3)4)16(24)19-14-7-5-6-13(10-14)15(22)23/h5-7,10,12H,8-9,11H2,1-4H3,(H,19,24)(H,22,23)/t12-/m0/s1. The number of carbonyl (C=O) groups excluding carboxylic acids is 2. The van der Waals surface area contributed by atoms with Crippen molar-refractivity contribution in [3.63, 3.8) is 0 Å². The van der Waals surface area contributed by atoms with E-state index in [4.69, 9.17) is 9.84 Å². The Balaban J connectivity index is 1.95. The fourth-order valence-electron chi connectivity index (χ4n) is 2.67. The molecule has 8 nitrogen and oxygen atoms in total. The number of ether oxygens (including phenoxy) is 1. The second kappa shape index (κ2) is 7.63. The van der Waals surface area contributed by atoms with Gasteiger partial charge in [0.15, 0.2) is 0 Å². The molecule has 1 aromatic carbocycles. The number of hydrogen-bond acceptors (Lipinski definition) is 4. The van der Waals surface area contributed by atoms with Crippen molar-refractivity contribution in [2.24, 2.45) is 0 Å². The Labute approximate surface area is 152 Å². The molecule has 8 heteroatoms. The quantitative estimate of drug-likeness (QED) is 0.842. The van der Waals surface area contributed by atoms with Crippen LogP contribution in [0.3, 0.4) is 0 Å². The zero-order valence-corrected chi connectivity index (χ0v) is 15.5. The average Bonchev–Trinajstić information content (AvgIpc) is 2.53. The lowest BCUT2D eigenvalue weighted by molar-refractivity contribution is 0.00588. The highest BCUT2D eigenvalue weighted by Gasteiger charge is 2.32. The van der Waals surface area contributed by atoms with Crippen molar-refractivity contribution in [1.29, 1.82) is 0 Å². The number of piperazine rings is 1. The number of hydrogen-bond donors (Lipinski definition) is 2. The highest BCUT2D eigenvalue weighted by Crippen LogP contribution is 2.17. The summed E-state index contributed by atoms with van der Waals surface area (Å²) in [6, 6.07) is 5.55. The molecule has 1 aliphatic rings. The van der Waals surface area contributed by atoms with Gasteiger partial charge in [-0.25, -0.2) is 14.4 Å². The summed E-state index contributed by atoms with van der Waals surface area (Å²) in [5.74, 6) is -1.05. The molecule has 1 aromatic rings. The minimum atomic E-state index is -1.05. The first-order valence-corrected chi connectivity index (χ1v) is 8.46. The van der Waals surface area contributed by atoms with Crippen molar-refractivity contribution in [2.45, 2.75) is 39.3 Å². The Morgan fingerprint density at radius 1 is 1.23 bits per heavy atom. The van der Waals surface area contributed by atoms with Gasteiger partial charge < -0.3 is 25.0 Å². The maximum atomic E-state index is 12.4. The number of carboxylic acids is 1. The summed E-state index contributed by atoms with van der Waals surface area (Å²) in [4.78, 5) is 38.9. The minimum Gasteiger partial charge on any atom is -0.478 e. The molecule has 0 saturated carbocycles. The number of nitrogens with zero attached hydrogens (tertiary/aromatic N) is 2. The van der Waals surface area contributed by atoms with Crippen molar-refractivity contribution in [3.05, 3.63) is 29.8 Å². The number of anilines is 1. The predicted octanol–water partition coefficient (Wildman–Crippen LogP) is 2.86. The second-order valence-corrected chi connectivity index (χ2v) is 7.28. The number of aromatic carboxylic acids is 1. The maximum absolute atomic E-state index is 12.4. The maximum Gasteiger partial charge on any atom is 0.410 e. The molecular weight excluding hydrogens is 338 g/mol. The van der Waals surface area contributed by atoms with Crippen LogP contribution >= 0.6 is 0 Å². The lowest BCUT2D eigenvalue weighted by Gasteiger charge is -2.40. The average molecular weight is 363 g/mol. The van der Waals surface area contributed by atoms with Crippen molar-refractivity contribution < 1.29 is 24.2 Å². The summed E-state index contributed by atoms with van der Waals surface area (Å²) >= 11 is 0. The summed E-state index contributed by atoms with van der Waals surface area (Å²) in [5, 5.41) is 11.7. The normalized spacial score (nSPS) is 17.6. The van der Waals surface area contributed by atoms with E-state index in [0.29, 0.717) is 25.3 Å². The number of urea groups is 1. The summed E-state index contributed by atoms with van der Waals surface area (Å²) in [7, 11) is 0. The molecule has 1 heterocycles. The second-order valence-electron chi connectivity index (χ2n) is 7.28. The molecular formula is C18H25N3O5. The highest BCUT2D eigenvalue weighted by molar-refractivity contribution is 5.93. The van der Waals surface area contributed by atoms with Crippen LogP contribution in [-0.2, 0) is 4.74 Å². The first-order chi connectivity index (χ1) is 12.1. The first-order valence-electron chi connectivity index (χ1n) is 8.46. The van der Waals surface area contributed by atoms with Crippen LogP contribution in [0.1, 0.15) is 38.1 Å². The summed E-state index contributed by atoms with van der Waals surface area (Å²) < 4.78 is 5.39. The molecule has 1 saturated heterocycles. The van der Waals surface area contributed by atoms with E-state index in [9.17, 15) is 14.4 Å². The Hall–Kier alpha value is -2.77. The van der Waals surface area contributed by atoms with E-state index in [2.05, 4.69) is 5.32 Å². The molecule has 26 heavy (non-hydrogen) atoms. The van der Waals surface area contributed by atoms with Gasteiger partial charge in [-0.3, -0.25) is 0 Å². The van der Waals surface area contributed by atoms with E-state index in [1.54, 1.807) is 21.9 Å². The summed E-state index contributed by atoms with van der Waals surface area (Å²) in [5.41, 5.74) is -0.0523. The molecule has 1 atom stereocenters. The van der Waals surface area contributed by atoms with E-state index < -0.39 is 11.6 Å². The van der Waals surface area contributed by atoms with Crippen LogP contribution in [0.15, 0.2) is 24.3 Å². The molecule has 2 rings (SSSR count). The minimum absolute atomic E-state index is 0.103. The van der Waals surface area contributed by atoms with Gasteiger partial charge in [0.2, 0.25) is 0 Å². The van der Waals surface area contributed by atoms with Gasteiger partial charge in [0.25, 0.3) is 0 Å². The van der Waals surface area contributed by atoms with Crippen LogP contribution < -0.4 is 5.32 Å². The van der Waals surface area contributed by atoms with Gasteiger partial charge in [-0.2, -0.15) is 0 Å². The van der Waals surface area contributed by atoms with Crippen LogP contribution in [0.5, 0.6) is 0 Å². The molecule has 0 spiro atoms. The zero-order valence-electron chi connectivity index (χ0n) is 15.5. The zero-order chi connectivity index (χ0) is 19.5. The Morgan fingerprint density at radius 2 is 1.92 bits per heavy atom. The van der Waals surface area contributed by atoms with Crippen molar-refractivity contribution in [3.8, 4) is 0 Å². The molecule has 1 fully saturated rings. The third kappa shape index (κ3) is 5.11. The van der Waals surface area contributed by atoms with Crippen LogP contribution in [0.25, 0.3) is 0 Å². The number of amides is 3. The number of rotatable bonds is 2. The molecule has 0 aliphatic carbocycles. The Morgan fingerprint density at radius 3 is 2.50 bits per heavy atom. The third-order valence-corrected chi connectivity index (χ3v) is 3.90. The van der Waals surface area contributed by atoms with Gasteiger partial charge >= 0.3 is 18.1 Å². The summed E-state index contributed by atoms with van der Waals surface area (Å²) in [6.45, 7) is 8.39. The van der Waals surface area contributed by atoms with Gasteiger partial charge in [-0.05, 0) is 45.9 Å².